The van der Waals surface area contributed by atoms with Crippen LogP contribution in [0, 0.1) is 5.92 Å². The van der Waals surface area contributed by atoms with Gasteiger partial charge in [-0.15, -0.1) is 0 Å². The number of methoxy groups -OCH3 is 4. The van der Waals surface area contributed by atoms with E-state index in [2.05, 4.69) is 18.0 Å². The van der Waals surface area contributed by atoms with Crippen LogP contribution in [0.25, 0.3) is 6.08 Å². The Morgan fingerprint density at radius 1 is 0.917 bits per heavy atom. The molecule has 1 atom stereocenters. The molecule has 2 aliphatic rings. The van der Waals surface area contributed by atoms with E-state index >= 15 is 0 Å². The molecule has 1 heterocycles. The van der Waals surface area contributed by atoms with Gasteiger partial charge in [0.15, 0.2) is 23.0 Å². The molecule has 1 aliphatic heterocycles. The van der Waals surface area contributed by atoms with Gasteiger partial charge in [0.05, 0.1) is 34.9 Å². The van der Waals surface area contributed by atoms with Crippen LogP contribution in [0.4, 0.5) is 0 Å². The second-order valence-corrected chi connectivity index (χ2v) is 9.64. The Hall–Kier alpha value is -3.19. The number of nitrogens with zero attached hydrogens (tertiary/aromatic N) is 2. The third-order valence-corrected chi connectivity index (χ3v) is 7.35. The molecule has 0 fully saturated rings. The van der Waals surface area contributed by atoms with Crippen molar-refractivity contribution in [2.45, 2.75) is 32.1 Å². The largest absolute Gasteiger partial charge is 0.493 e. The van der Waals surface area contributed by atoms with Crippen molar-refractivity contribution in [1.29, 1.82) is 0 Å². The van der Waals surface area contributed by atoms with E-state index in [1.807, 2.05) is 35.4 Å². The minimum Gasteiger partial charge on any atom is -0.493 e. The number of amides is 1. The highest BCUT2D eigenvalue weighted by Crippen LogP contribution is 2.41. The maximum atomic E-state index is 12.9. The Bertz CT molecular complexity index is 1110. The van der Waals surface area contributed by atoms with Gasteiger partial charge in [-0.3, -0.25) is 4.79 Å². The molecule has 1 aliphatic carbocycles. The van der Waals surface area contributed by atoms with Crippen molar-refractivity contribution in [3.05, 3.63) is 52.7 Å². The van der Waals surface area contributed by atoms with Crippen LogP contribution >= 0.6 is 0 Å². The Morgan fingerprint density at radius 3 is 2.39 bits per heavy atom. The van der Waals surface area contributed by atoms with Crippen molar-refractivity contribution in [2.75, 3.05) is 55.1 Å². The Kier molecular flexibility index (Phi) is 8.41. The molecule has 7 heteroatoms. The van der Waals surface area contributed by atoms with Gasteiger partial charge in [0.25, 0.3) is 0 Å². The Balaban J connectivity index is 1.25. The van der Waals surface area contributed by atoms with Gasteiger partial charge in [-0.05, 0) is 92.7 Å². The third-order valence-electron chi connectivity index (χ3n) is 7.35. The number of hydrogen-bond donors (Lipinski definition) is 0. The lowest BCUT2D eigenvalue weighted by Crippen LogP contribution is -2.30. The normalized spacial score (nSPS) is 16.6. The van der Waals surface area contributed by atoms with Crippen LogP contribution in [0.1, 0.15) is 35.1 Å². The number of carbonyl (C=O) groups excluding carboxylic acids is 1. The van der Waals surface area contributed by atoms with Gasteiger partial charge in [0.2, 0.25) is 5.91 Å². The number of fused-ring (bicyclic) bond motifs is 2. The second kappa shape index (κ2) is 11.7. The van der Waals surface area contributed by atoms with E-state index in [4.69, 9.17) is 18.9 Å². The maximum Gasteiger partial charge on any atom is 0.230 e. The molecule has 2 aromatic carbocycles. The van der Waals surface area contributed by atoms with Gasteiger partial charge in [0.1, 0.15) is 0 Å². The van der Waals surface area contributed by atoms with E-state index in [0.29, 0.717) is 30.4 Å². The summed E-state index contributed by atoms with van der Waals surface area (Å²) in [5, 5.41) is 0. The van der Waals surface area contributed by atoms with E-state index < -0.39 is 0 Å². The molecule has 0 bridgehead atoms. The summed E-state index contributed by atoms with van der Waals surface area (Å²) in [6, 6.07) is 8.02. The van der Waals surface area contributed by atoms with Crippen LogP contribution in [0.3, 0.4) is 0 Å². The molecule has 0 spiro atoms. The first kappa shape index (κ1) is 25.9. The molecule has 0 saturated carbocycles. The number of carbonyl (C=O) groups is 1. The Labute approximate surface area is 214 Å². The van der Waals surface area contributed by atoms with Crippen molar-refractivity contribution >= 4 is 12.0 Å². The molecule has 7 nitrogen and oxygen atoms in total. The van der Waals surface area contributed by atoms with Gasteiger partial charge < -0.3 is 28.7 Å². The maximum absolute atomic E-state index is 12.9. The molecule has 0 radical (unpaired) electrons. The monoisotopic (exact) mass is 494 g/mol. The summed E-state index contributed by atoms with van der Waals surface area (Å²) in [5.74, 6) is 3.74. The standard InChI is InChI=1S/C29H38N2O5/c1-30(13-9-20-15-22-7-8-25(33-2)29(36-5)24(22)16-20)11-6-12-31-14-10-21-17-26(34-3)27(35-4)18-23(21)19-28(31)32/h7-8,10,14,17-18,20H,6,9,11-13,15-16,19H2,1-5H3. The second-order valence-electron chi connectivity index (χ2n) is 9.64. The highest BCUT2D eigenvalue weighted by atomic mass is 16.5. The molecule has 0 N–H and O–H groups in total. The summed E-state index contributed by atoms with van der Waals surface area (Å²) < 4.78 is 21.9. The van der Waals surface area contributed by atoms with Gasteiger partial charge in [-0.25, -0.2) is 0 Å². The molecule has 2 aromatic rings. The molecule has 36 heavy (non-hydrogen) atoms. The molecule has 4 rings (SSSR count). The minimum atomic E-state index is 0.105. The quantitative estimate of drug-likeness (QED) is 0.467. The van der Waals surface area contributed by atoms with Crippen LogP contribution in [-0.2, 0) is 24.1 Å². The van der Waals surface area contributed by atoms with E-state index in [1.165, 1.54) is 11.1 Å². The summed E-state index contributed by atoms with van der Waals surface area (Å²) in [5.41, 5.74) is 4.63. The van der Waals surface area contributed by atoms with Crippen LogP contribution in [0.5, 0.6) is 23.0 Å². The average molecular weight is 495 g/mol. The summed E-state index contributed by atoms with van der Waals surface area (Å²) in [7, 11) is 8.81. The fourth-order valence-corrected chi connectivity index (χ4v) is 5.31. The van der Waals surface area contributed by atoms with E-state index in [1.54, 1.807) is 28.4 Å². The SMILES string of the molecule is COc1cc2c(cc1OC)CC(=O)N(CCCN(C)CCC1Cc3ccc(OC)c(OC)c3C1)C=C2. The van der Waals surface area contributed by atoms with Crippen LogP contribution in [-0.4, -0.2) is 70.8 Å². The summed E-state index contributed by atoms with van der Waals surface area (Å²) in [4.78, 5) is 17.1. The molecular formula is C29H38N2O5. The van der Waals surface area contributed by atoms with Gasteiger partial charge >= 0.3 is 0 Å². The third kappa shape index (κ3) is 5.62. The van der Waals surface area contributed by atoms with Crippen molar-refractivity contribution < 1.29 is 23.7 Å². The molecule has 194 valence electrons. The van der Waals surface area contributed by atoms with Crippen LogP contribution in [0.2, 0.25) is 0 Å². The lowest BCUT2D eigenvalue weighted by atomic mass is 10.0. The van der Waals surface area contributed by atoms with Crippen molar-refractivity contribution in [3.8, 4) is 23.0 Å². The zero-order chi connectivity index (χ0) is 25.7. The number of ether oxygens (including phenoxy) is 4. The zero-order valence-corrected chi connectivity index (χ0v) is 22.1. The molecule has 0 saturated heterocycles. The summed E-state index contributed by atoms with van der Waals surface area (Å²) >= 11 is 0. The molecule has 1 amide bonds. The van der Waals surface area contributed by atoms with E-state index in [9.17, 15) is 4.79 Å². The first-order valence-corrected chi connectivity index (χ1v) is 12.6. The van der Waals surface area contributed by atoms with Gasteiger partial charge in [-0.2, -0.15) is 0 Å². The van der Waals surface area contributed by atoms with E-state index in [-0.39, 0.29) is 5.91 Å². The summed E-state index contributed by atoms with van der Waals surface area (Å²) in [6.45, 7) is 2.68. The molecular weight excluding hydrogens is 456 g/mol. The smallest absolute Gasteiger partial charge is 0.230 e. The number of rotatable bonds is 11. The zero-order valence-electron chi connectivity index (χ0n) is 22.1. The predicted octanol–water partition coefficient (Wildman–Crippen LogP) is 4.20. The predicted molar refractivity (Wildman–Crippen MR) is 141 cm³/mol. The average Bonchev–Trinajstić information content (AvgIpc) is 3.25. The fraction of sp³-hybridized carbons (Fsp3) is 0.483. The van der Waals surface area contributed by atoms with Crippen molar-refractivity contribution in [3.63, 3.8) is 0 Å². The minimum absolute atomic E-state index is 0.105. The van der Waals surface area contributed by atoms with E-state index in [0.717, 1.165) is 61.4 Å². The topological polar surface area (TPSA) is 60.5 Å². The summed E-state index contributed by atoms with van der Waals surface area (Å²) in [6.07, 6.45) is 8.43. The van der Waals surface area contributed by atoms with Crippen LogP contribution in [0.15, 0.2) is 30.5 Å². The molecule has 1 unspecified atom stereocenters. The first-order valence-electron chi connectivity index (χ1n) is 12.6. The van der Waals surface area contributed by atoms with Gasteiger partial charge in [0, 0.05) is 18.3 Å². The van der Waals surface area contributed by atoms with Crippen molar-refractivity contribution in [2.24, 2.45) is 5.92 Å². The first-order chi connectivity index (χ1) is 17.5. The highest BCUT2D eigenvalue weighted by molar-refractivity contribution is 5.84. The van der Waals surface area contributed by atoms with Gasteiger partial charge in [-0.1, -0.05) is 6.07 Å². The fourth-order valence-electron chi connectivity index (χ4n) is 5.31. The number of hydrogen-bond acceptors (Lipinski definition) is 6. The van der Waals surface area contributed by atoms with Crippen LogP contribution < -0.4 is 18.9 Å². The lowest BCUT2D eigenvalue weighted by molar-refractivity contribution is -0.127. The Morgan fingerprint density at radius 2 is 1.67 bits per heavy atom. The highest BCUT2D eigenvalue weighted by Gasteiger charge is 2.26. The lowest BCUT2D eigenvalue weighted by Gasteiger charge is -2.22. The number of benzene rings is 2. The molecule has 0 aromatic heterocycles. The van der Waals surface area contributed by atoms with Crippen molar-refractivity contribution in [1.82, 2.24) is 9.80 Å².